The summed E-state index contributed by atoms with van der Waals surface area (Å²) in [5.41, 5.74) is 1.45. The highest BCUT2D eigenvalue weighted by Gasteiger charge is 2.12. The fourth-order valence-electron chi connectivity index (χ4n) is 1.60. The van der Waals surface area contributed by atoms with E-state index in [2.05, 4.69) is 4.98 Å². The van der Waals surface area contributed by atoms with E-state index in [0.29, 0.717) is 11.5 Å². The Bertz CT molecular complexity index is 608. The third-order valence-electron chi connectivity index (χ3n) is 2.69. The summed E-state index contributed by atoms with van der Waals surface area (Å²) in [6.07, 6.45) is 0. The van der Waals surface area contributed by atoms with Gasteiger partial charge in [-0.15, -0.1) is 0 Å². The van der Waals surface area contributed by atoms with Crippen LogP contribution >= 0.6 is 11.6 Å². The summed E-state index contributed by atoms with van der Waals surface area (Å²) in [6.45, 7) is 3.65. The van der Waals surface area contributed by atoms with Crippen molar-refractivity contribution >= 4 is 22.4 Å². The summed E-state index contributed by atoms with van der Waals surface area (Å²) >= 11 is 5.89. The van der Waals surface area contributed by atoms with Crippen LogP contribution in [0.15, 0.2) is 22.6 Å². The van der Waals surface area contributed by atoms with Gasteiger partial charge in [0.05, 0.1) is 11.4 Å². The predicted molar refractivity (Wildman–Crippen MR) is 72.9 cm³/mol. The van der Waals surface area contributed by atoms with Gasteiger partial charge in [0, 0.05) is 15.8 Å². The van der Waals surface area contributed by atoms with Crippen molar-refractivity contribution in [3.8, 4) is 0 Å². The molecule has 1 atom stereocenters. The minimum atomic E-state index is -1.20. The minimum absolute atomic E-state index is 0.225. The molecule has 0 aliphatic carbocycles. The van der Waals surface area contributed by atoms with Gasteiger partial charge in [0.2, 0.25) is 5.89 Å². The zero-order valence-electron chi connectivity index (χ0n) is 10.6. The monoisotopic (exact) mass is 301 g/mol. The summed E-state index contributed by atoms with van der Waals surface area (Å²) < 4.78 is 30.3. The van der Waals surface area contributed by atoms with Gasteiger partial charge in [-0.1, -0.05) is 17.7 Å². The summed E-state index contributed by atoms with van der Waals surface area (Å²) in [4.78, 5) is 4.18. The molecule has 0 spiro atoms. The van der Waals surface area contributed by atoms with E-state index >= 15 is 0 Å². The first-order valence-corrected chi connectivity index (χ1v) is 7.54. The zero-order valence-corrected chi connectivity index (χ0v) is 12.1. The van der Waals surface area contributed by atoms with Crippen LogP contribution in [-0.2, 0) is 22.3 Å². The van der Waals surface area contributed by atoms with Crippen LogP contribution in [0, 0.1) is 19.7 Å². The number of oxazole rings is 1. The molecule has 0 fully saturated rings. The van der Waals surface area contributed by atoms with Gasteiger partial charge in [-0.25, -0.2) is 9.37 Å². The maximum atomic E-state index is 12.9. The maximum Gasteiger partial charge on any atom is 0.207 e. The Morgan fingerprint density at radius 2 is 2.11 bits per heavy atom. The molecule has 2 rings (SSSR count). The Hall–Kier alpha value is -1.20. The van der Waals surface area contributed by atoms with E-state index in [9.17, 15) is 8.60 Å². The van der Waals surface area contributed by atoms with Gasteiger partial charge in [0.15, 0.2) is 0 Å². The molecule has 0 amide bonds. The Morgan fingerprint density at radius 3 is 2.68 bits per heavy atom. The topological polar surface area (TPSA) is 43.1 Å². The van der Waals surface area contributed by atoms with E-state index in [1.807, 2.05) is 13.8 Å². The first-order valence-electron chi connectivity index (χ1n) is 5.67. The molecule has 0 saturated carbocycles. The number of nitrogens with zero attached hydrogens (tertiary/aromatic N) is 1. The molecule has 0 radical (unpaired) electrons. The molecule has 1 aromatic carbocycles. The molecule has 0 aliphatic heterocycles. The average Bonchev–Trinajstić information content (AvgIpc) is 2.62. The van der Waals surface area contributed by atoms with Crippen molar-refractivity contribution in [3.63, 3.8) is 0 Å². The van der Waals surface area contributed by atoms with Gasteiger partial charge in [-0.05, 0) is 31.5 Å². The Balaban J connectivity index is 2.05. The van der Waals surface area contributed by atoms with Crippen LogP contribution < -0.4 is 0 Å². The van der Waals surface area contributed by atoms with Gasteiger partial charge < -0.3 is 4.42 Å². The molecule has 0 saturated heterocycles. The Kier molecular flexibility index (Phi) is 4.37. The molecule has 0 aliphatic rings. The van der Waals surface area contributed by atoms with Crippen molar-refractivity contribution < 1.29 is 13.0 Å². The molecule has 0 bridgehead atoms. The number of rotatable bonds is 4. The Labute approximate surface area is 118 Å². The third-order valence-corrected chi connectivity index (χ3v) is 4.24. The number of aromatic nitrogens is 1. The highest BCUT2D eigenvalue weighted by atomic mass is 35.5. The molecule has 1 aromatic heterocycles. The van der Waals surface area contributed by atoms with E-state index in [1.54, 1.807) is 6.07 Å². The van der Waals surface area contributed by atoms with Crippen molar-refractivity contribution in [1.29, 1.82) is 0 Å². The smallest absolute Gasteiger partial charge is 0.207 e. The van der Waals surface area contributed by atoms with Crippen LogP contribution in [0.2, 0.25) is 5.02 Å². The van der Waals surface area contributed by atoms with Crippen molar-refractivity contribution in [1.82, 2.24) is 4.98 Å². The van der Waals surface area contributed by atoms with Gasteiger partial charge in [0.1, 0.15) is 17.3 Å². The highest BCUT2D eigenvalue weighted by Crippen LogP contribution is 2.20. The normalized spacial score (nSPS) is 12.6. The summed E-state index contributed by atoms with van der Waals surface area (Å²) in [5, 5.41) is 0.285. The molecule has 6 heteroatoms. The molecular weight excluding hydrogens is 289 g/mol. The number of aryl methyl sites for hydroxylation is 2. The van der Waals surface area contributed by atoms with E-state index in [-0.39, 0.29) is 16.5 Å². The minimum Gasteiger partial charge on any atom is -0.445 e. The summed E-state index contributed by atoms with van der Waals surface area (Å²) in [7, 11) is -1.20. The lowest BCUT2D eigenvalue weighted by atomic mass is 10.2. The molecular formula is C13H13ClFNO2S. The van der Waals surface area contributed by atoms with Crippen LogP contribution in [0.4, 0.5) is 4.39 Å². The number of halogens is 2. The number of hydrogen-bond acceptors (Lipinski definition) is 3. The lowest BCUT2D eigenvalue weighted by Gasteiger charge is -2.03. The molecule has 3 nitrogen and oxygen atoms in total. The molecule has 102 valence electrons. The summed E-state index contributed by atoms with van der Waals surface area (Å²) in [6, 6.07) is 4.06. The fraction of sp³-hybridized carbons (Fsp3) is 0.308. The highest BCUT2D eigenvalue weighted by molar-refractivity contribution is 7.83. The lowest BCUT2D eigenvalue weighted by Crippen LogP contribution is -2.00. The standard InChI is InChI=1S/C13H13ClFNO2S/c1-8-9(2)18-13(16-8)7-19(17)6-10-3-4-11(15)5-12(10)14/h3-5H,6-7H2,1-2H3. The van der Waals surface area contributed by atoms with E-state index < -0.39 is 16.6 Å². The van der Waals surface area contributed by atoms with Gasteiger partial charge >= 0.3 is 0 Å². The number of benzene rings is 1. The third kappa shape index (κ3) is 3.64. The van der Waals surface area contributed by atoms with Crippen molar-refractivity contribution in [2.45, 2.75) is 25.4 Å². The predicted octanol–water partition coefficient (Wildman–Crippen LogP) is 3.53. The lowest BCUT2D eigenvalue weighted by molar-refractivity contribution is 0.487. The molecule has 0 N–H and O–H groups in total. The van der Waals surface area contributed by atoms with E-state index in [1.165, 1.54) is 12.1 Å². The second-order valence-electron chi connectivity index (χ2n) is 4.21. The second kappa shape index (κ2) is 5.84. The van der Waals surface area contributed by atoms with Crippen LogP contribution in [-0.4, -0.2) is 9.19 Å². The van der Waals surface area contributed by atoms with Crippen molar-refractivity contribution in [2.24, 2.45) is 0 Å². The van der Waals surface area contributed by atoms with E-state index in [0.717, 1.165) is 11.5 Å². The zero-order chi connectivity index (χ0) is 14.0. The van der Waals surface area contributed by atoms with Crippen LogP contribution in [0.3, 0.4) is 0 Å². The van der Waals surface area contributed by atoms with Crippen molar-refractivity contribution in [3.05, 3.63) is 51.9 Å². The van der Waals surface area contributed by atoms with Crippen LogP contribution in [0.5, 0.6) is 0 Å². The maximum absolute atomic E-state index is 12.9. The van der Waals surface area contributed by atoms with Crippen molar-refractivity contribution in [2.75, 3.05) is 0 Å². The molecule has 1 unspecified atom stereocenters. The van der Waals surface area contributed by atoms with Gasteiger partial charge in [-0.2, -0.15) is 0 Å². The number of hydrogen-bond donors (Lipinski definition) is 0. The van der Waals surface area contributed by atoms with Crippen LogP contribution in [0.25, 0.3) is 0 Å². The van der Waals surface area contributed by atoms with Crippen LogP contribution in [0.1, 0.15) is 22.9 Å². The van der Waals surface area contributed by atoms with Gasteiger partial charge in [-0.3, -0.25) is 4.21 Å². The fourth-order valence-corrected chi connectivity index (χ4v) is 3.01. The molecule has 19 heavy (non-hydrogen) atoms. The molecule has 1 heterocycles. The molecule has 2 aromatic rings. The Morgan fingerprint density at radius 1 is 1.37 bits per heavy atom. The SMILES string of the molecule is Cc1nc(CS(=O)Cc2ccc(F)cc2Cl)oc1C. The first-order chi connectivity index (χ1) is 8.95. The summed E-state index contributed by atoms with van der Waals surface area (Å²) in [5.74, 6) is 1.25. The largest absolute Gasteiger partial charge is 0.445 e. The average molecular weight is 302 g/mol. The van der Waals surface area contributed by atoms with Gasteiger partial charge in [0.25, 0.3) is 0 Å². The first kappa shape index (κ1) is 14.2. The quantitative estimate of drug-likeness (QED) is 0.867. The van der Waals surface area contributed by atoms with E-state index in [4.69, 9.17) is 16.0 Å². The second-order valence-corrected chi connectivity index (χ2v) is 6.08.